The van der Waals surface area contributed by atoms with Gasteiger partial charge in [-0.25, -0.2) is 54.8 Å². The zero-order chi connectivity index (χ0) is 56.0. The van der Waals surface area contributed by atoms with E-state index in [4.69, 9.17) is 59.8 Å². The summed E-state index contributed by atoms with van der Waals surface area (Å²) in [5, 5.41) is 0. The van der Waals surface area contributed by atoms with Crippen molar-refractivity contribution in [2.75, 3.05) is 0 Å². The molecule has 12 heteroatoms. The van der Waals surface area contributed by atoms with E-state index in [1.807, 2.05) is 249 Å². The molecule has 5 aromatic heterocycles. The van der Waals surface area contributed by atoms with Gasteiger partial charge in [0.15, 0.2) is 35.0 Å². The number of hydrogen-bond acceptors (Lipinski definition) is 12. The van der Waals surface area contributed by atoms with E-state index in [-0.39, 0.29) is 17.7 Å². The summed E-state index contributed by atoms with van der Waals surface area (Å²) in [6.45, 7) is 0. The van der Waals surface area contributed by atoms with E-state index in [1.165, 1.54) is 0 Å². The quantitative estimate of drug-likeness (QED) is 0.109. The highest BCUT2D eigenvalue weighted by Gasteiger charge is 2.27. The Morgan fingerprint density at radius 3 is 0.774 bits per heavy atom. The fourth-order valence-electron chi connectivity index (χ4n) is 10.2. The number of amidine groups is 1. The van der Waals surface area contributed by atoms with Gasteiger partial charge in [0.1, 0.15) is 22.8 Å². The van der Waals surface area contributed by atoms with Gasteiger partial charge < -0.3 is 0 Å². The van der Waals surface area contributed by atoms with E-state index in [2.05, 4.69) is 24.3 Å². The third kappa shape index (κ3) is 10.9. The van der Waals surface area contributed by atoms with Gasteiger partial charge in [-0.2, -0.15) is 0 Å². The predicted octanol–water partition coefficient (Wildman–Crippen LogP) is 15.7. The summed E-state index contributed by atoms with van der Waals surface area (Å²) >= 11 is 0. The molecule has 1 aliphatic rings. The van der Waals surface area contributed by atoms with Crippen LogP contribution in [0.2, 0.25) is 0 Å². The van der Waals surface area contributed by atoms with Crippen LogP contribution in [0.5, 0.6) is 0 Å². The molecular formula is C72H48N12. The van der Waals surface area contributed by atoms with Gasteiger partial charge in [-0.05, 0) is 41.5 Å². The van der Waals surface area contributed by atoms with Crippen LogP contribution in [0.3, 0.4) is 0 Å². The lowest BCUT2D eigenvalue weighted by Crippen LogP contribution is -2.19. The van der Waals surface area contributed by atoms with E-state index in [0.717, 1.165) is 50.2 Å². The molecule has 12 nitrogen and oxygen atoms in total. The van der Waals surface area contributed by atoms with Crippen LogP contribution in [0, 0.1) is 0 Å². The topological polar surface area (TPSA) is 154 Å². The summed E-state index contributed by atoms with van der Waals surface area (Å²) in [4.78, 5) is 63.9. The van der Waals surface area contributed by atoms with Gasteiger partial charge in [-0.1, -0.05) is 243 Å². The van der Waals surface area contributed by atoms with Gasteiger partial charge in [0.05, 0.1) is 45.9 Å². The van der Waals surface area contributed by atoms with Gasteiger partial charge in [0, 0.05) is 39.8 Å². The van der Waals surface area contributed by atoms with Crippen LogP contribution in [-0.4, -0.2) is 61.4 Å². The van der Waals surface area contributed by atoms with Crippen LogP contribution >= 0.6 is 0 Å². The summed E-state index contributed by atoms with van der Waals surface area (Å²) in [6.07, 6.45) is 0.569. The van der Waals surface area contributed by atoms with E-state index in [9.17, 15) is 0 Å². The Balaban J connectivity index is 1.05. The highest BCUT2D eigenvalue weighted by atomic mass is 15.1. The second-order valence-corrected chi connectivity index (χ2v) is 20.0. The molecule has 6 heterocycles. The Labute approximate surface area is 485 Å². The monoisotopic (exact) mass is 1080 g/mol. The van der Waals surface area contributed by atoms with E-state index >= 15 is 0 Å². The van der Waals surface area contributed by atoms with E-state index in [1.54, 1.807) is 0 Å². The first kappa shape index (κ1) is 50.7. The molecule has 0 fully saturated rings. The molecule has 0 radical (unpaired) electrons. The third-order valence-electron chi connectivity index (χ3n) is 14.4. The highest BCUT2D eigenvalue weighted by Crippen LogP contribution is 2.35. The molecule has 0 bridgehead atoms. The maximum atomic E-state index is 5.40. The van der Waals surface area contributed by atoms with Crippen LogP contribution in [0.25, 0.3) is 114 Å². The molecule has 0 spiro atoms. The average Bonchev–Trinajstić information content (AvgIpc) is 3.72. The minimum atomic E-state index is -0.287. The Morgan fingerprint density at radius 2 is 0.464 bits per heavy atom. The van der Waals surface area contributed by atoms with Crippen molar-refractivity contribution in [2.45, 2.75) is 12.5 Å². The van der Waals surface area contributed by atoms with Crippen molar-refractivity contribution in [3.63, 3.8) is 0 Å². The largest absolute Gasteiger partial charge is 0.256 e. The van der Waals surface area contributed by atoms with Gasteiger partial charge >= 0.3 is 0 Å². The third-order valence-corrected chi connectivity index (χ3v) is 14.4. The van der Waals surface area contributed by atoms with Crippen molar-refractivity contribution in [3.05, 3.63) is 290 Å². The Morgan fingerprint density at radius 1 is 0.226 bits per heavy atom. The molecular weight excluding hydrogens is 1030 g/mol. The summed E-state index contributed by atoms with van der Waals surface area (Å²) < 4.78 is 0. The number of benzene rings is 8. The first-order chi connectivity index (χ1) is 41.6. The molecule has 0 saturated carbocycles. The summed E-state index contributed by atoms with van der Waals surface area (Å²) in [5.41, 5.74) is 14.1. The van der Waals surface area contributed by atoms with Crippen molar-refractivity contribution in [3.8, 4) is 114 Å². The van der Waals surface area contributed by atoms with Crippen LogP contribution in [0.4, 0.5) is 0 Å². The van der Waals surface area contributed by atoms with E-state index < -0.39 is 0 Å². The normalized spacial score (nSPS) is 13.0. The number of aromatic nitrogens is 10. The van der Waals surface area contributed by atoms with Gasteiger partial charge in [0.25, 0.3) is 0 Å². The lowest BCUT2D eigenvalue weighted by molar-refractivity contribution is 0.752. The summed E-state index contributed by atoms with van der Waals surface area (Å²) in [7, 11) is 0. The zero-order valence-electron chi connectivity index (χ0n) is 45.1. The van der Waals surface area contributed by atoms with Gasteiger partial charge in [0.2, 0.25) is 0 Å². The van der Waals surface area contributed by atoms with Crippen molar-refractivity contribution in [1.29, 1.82) is 0 Å². The fourth-order valence-corrected chi connectivity index (χ4v) is 10.2. The molecule has 1 unspecified atom stereocenters. The van der Waals surface area contributed by atoms with Crippen LogP contribution < -0.4 is 0 Å². The van der Waals surface area contributed by atoms with Crippen molar-refractivity contribution in [2.24, 2.45) is 9.98 Å². The maximum Gasteiger partial charge on any atom is 0.199 e. The lowest BCUT2D eigenvalue weighted by atomic mass is 9.96. The first-order valence-electron chi connectivity index (χ1n) is 27.6. The molecule has 0 amide bonds. The molecule has 396 valence electrons. The van der Waals surface area contributed by atoms with Crippen LogP contribution in [-0.2, 0) is 0 Å². The smallest absolute Gasteiger partial charge is 0.199 e. The van der Waals surface area contributed by atoms with Crippen molar-refractivity contribution >= 4 is 11.5 Å². The average molecular weight is 1080 g/mol. The first-order valence-corrected chi connectivity index (χ1v) is 27.6. The SMILES string of the molecule is c1ccc(C2=NC(c3cc(-c4nc(-c5ccccc5)cc(-c5ccccc5)n4)nc(-c4nc(-c5nc(-c6ccccc6)cc(-c6ccccc6)n5)cc(-c5nc(-c6ccccc6)cc(-c6ccccc6)n5)n4)n3)=NC(c3ccccc3)C2)cc1. The molecule has 84 heavy (non-hydrogen) atoms. The standard InChI is InChI=1S/C72H48N12/c1-9-25-47(26-10-1)55-41-56(48-27-11-2-12-28-48)74-67(73-55)63-45-64(68-75-57(49-29-13-3-14-30-49)42-58(76-68)50-31-15-4-16-32-50)82-71(81-63)72-83-65(69-77-59(51-33-17-5-18-34-51)43-60(78-69)52-35-19-6-20-36-52)46-66(84-72)70-79-61(53-37-21-7-22-38-53)44-62(80-70)54-39-23-8-24-40-54/h1-43,45-46,61H,44H2. The van der Waals surface area contributed by atoms with Crippen LogP contribution in [0.15, 0.2) is 283 Å². The molecule has 1 atom stereocenters. The summed E-state index contributed by atoms with van der Waals surface area (Å²) in [5.74, 6) is 1.70. The molecule has 0 N–H and O–H groups in total. The van der Waals surface area contributed by atoms with E-state index in [0.29, 0.717) is 86.7 Å². The number of hydrogen-bond donors (Lipinski definition) is 0. The second-order valence-electron chi connectivity index (χ2n) is 20.0. The highest BCUT2D eigenvalue weighted by molar-refractivity contribution is 6.13. The zero-order valence-corrected chi connectivity index (χ0v) is 45.1. The molecule has 8 aromatic carbocycles. The Kier molecular flexibility index (Phi) is 13.8. The minimum Gasteiger partial charge on any atom is -0.256 e. The second kappa shape index (κ2) is 22.9. The number of rotatable bonds is 13. The predicted molar refractivity (Wildman–Crippen MR) is 332 cm³/mol. The fraction of sp³-hybridized carbons (Fsp3) is 0.0278. The molecule has 14 rings (SSSR count). The van der Waals surface area contributed by atoms with Gasteiger partial charge in [-0.3, -0.25) is 4.99 Å². The van der Waals surface area contributed by atoms with Crippen molar-refractivity contribution in [1.82, 2.24) is 49.8 Å². The Bertz CT molecular complexity index is 4220. The minimum absolute atomic E-state index is 0.140. The molecule has 0 aliphatic carbocycles. The maximum absolute atomic E-state index is 5.40. The lowest BCUT2D eigenvalue weighted by Gasteiger charge is -2.21. The molecule has 13 aromatic rings. The summed E-state index contributed by atoms with van der Waals surface area (Å²) in [6, 6.07) is 90.2. The number of nitrogens with zero attached hydrogens (tertiary/aromatic N) is 12. The number of aliphatic imine (C=N–C) groups is 2. The van der Waals surface area contributed by atoms with Crippen molar-refractivity contribution < 1.29 is 0 Å². The van der Waals surface area contributed by atoms with Crippen LogP contribution in [0.1, 0.15) is 29.3 Å². The Hall–Kier alpha value is -11.5. The molecule has 0 saturated heterocycles. The van der Waals surface area contributed by atoms with Gasteiger partial charge in [-0.15, -0.1) is 0 Å². The molecule has 1 aliphatic heterocycles.